The molecule has 0 aliphatic rings. The number of pyridine rings is 1. The third kappa shape index (κ3) is 4.89. The predicted octanol–water partition coefficient (Wildman–Crippen LogP) is 5.23. The van der Waals surface area contributed by atoms with E-state index in [9.17, 15) is 8.42 Å². The van der Waals surface area contributed by atoms with Gasteiger partial charge in [-0.1, -0.05) is 50.6 Å². The average molecular weight is 396 g/mol. The first-order valence-electron chi connectivity index (χ1n) is 9.07. The largest absolute Gasteiger partial charge is 0.340 e. The normalized spacial score (nSPS) is 11.9. The van der Waals surface area contributed by atoms with Gasteiger partial charge in [0.2, 0.25) is 0 Å². The minimum atomic E-state index is -3.63. The van der Waals surface area contributed by atoms with Crippen LogP contribution in [0.5, 0.6) is 0 Å². The maximum atomic E-state index is 12.4. The lowest BCUT2D eigenvalue weighted by Gasteiger charge is -2.19. The van der Waals surface area contributed by atoms with Crippen molar-refractivity contribution in [3.8, 4) is 0 Å². The summed E-state index contributed by atoms with van der Waals surface area (Å²) < 4.78 is 27.4. The number of nitrogens with zero attached hydrogens (tertiary/aromatic N) is 1. The van der Waals surface area contributed by atoms with Crippen molar-refractivity contribution in [2.75, 3.05) is 10.0 Å². The van der Waals surface area contributed by atoms with E-state index in [4.69, 9.17) is 0 Å². The van der Waals surface area contributed by atoms with Crippen LogP contribution in [0.4, 0.5) is 17.2 Å². The zero-order chi connectivity index (χ0) is 20.4. The molecule has 3 rings (SSSR count). The van der Waals surface area contributed by atoms with Crippen molar-refractivity contribution in [2.24, 2.45) is 0 Å². The van der Waals surface area contributed by atoms with Crippen molar-refractivity contribution in [3.05, 3.63) is 78.0 Å². The smallest absolute Gasteiger partial charge is 0.261 e. The van der Waals surface area contributed by atoms with Gasteiger partial charge in [0.05, 0.1) is 16.8 Å². The average Bonchev–Trinajstić information content (AvgIpc) is 2.63. The van der Waals surface area contributed by atoms with Crippen LogP contribution in [0.1, 0.15) is 31.9 Å². The quantitative estimate of drug-likeness (QED) is 0.620. The lowest BCUT2D eigenvalue weighted by Crippen LogP contribution is -2.13. The van der Waals surface area contributed by atoms with Crippen molar-refractivity contribution in [1.82, 2.24) is 4.98 Å². The highest BCUT2D eigenvalue weighted by Crippen LogP contribution is 2.25. The Morgan fingerprint density at radius 3 is 1.96 bits per heavy atom. The SMILES string of the molecule is Cc1ccc(S(=O)(=O)Nc2ccc(Nc3ccc(C(C)(C)C)cc3)nc2)cc1. The molecule has 1 aromatic heterocycles. The van der Waals surface area contributed by atoms with Gasteiger partial charge in [0.25, 0.3) is 10.0 Å². The Balaban J connectivity index is 1.69. The lowest BCUT2D eigenvalue weighted by molar-refractivity contribution is 0.590. The number of hydrogen-bond donors (Lipinski definition) is 2. The summed E-state index contributed by atoms with van der Waals surface area (Å²) in [6.45, 7) is 8.43. The summed E-state index contributed by atoms with van der Waals surface area (Å²) in [5.41, 5.74) is 3.70. The molecule has 0 aliphatic heterocycles. The van der Waals surface area contributed by atoms with E-state index < -0.39 is 10.0 Å². The second-order valence-electron chi connectivity index (χ2n) is 7.80. The molecular formula is C22H25N3O2S. The van der Waals surface area contributed by atoms with Crippen molar-refractivity contribution in [1.29, 1.82) is 0 Å². The molecule has 2 aromatic carbocycles. The van der Waals surface area contributed by atoms with Gasteiger partial charge in [-0.05, 0) is 54.3 Å². The van der Waals surface area contributed by atoms with E-state index in [2.05, 4.69) is 47.9 Å². The van der Waals surface area contributed by atoms with Gasteiger partial charge in [-0.15, -0.1) is 0 Å². The summed E-state index contributed by atoms with van der Waals surface area (Å²) in [5, 5.41) is 3.22. The van der Waals surface area contributed by atoms with Crippen molar-refractivity contribution >= 4 is 27.2 Å². The van der Waals surface area contributed by atoms with E-state index in [1.54, 1.807) is 36.4 Å². The molecule has 0 spiro atoms. The fraction of sp³-hybridized carbons (Fsp3) is 0.227. The Bertz CT molecular complexity index is 1030. The number of aryl methyl sites for hydroxylation is 1. The van der Waals surface area contributed by atoms with Crippen LogP contribution in [0, 0.1) is 6.92 Å². The first-order valence-corrected chi connectivity index (χ1v) is 10.5. The highest BCUT2D eigenvalue weighted by Gasteiger charge is 2.14. The van der Waals surface area contributed by atoms with Crippen LogP contribution in [0.3, 0.4) is 0 Å². The number of aromatic nitrogens is 1. The van der Waals surface area contributed by atoms with Gasteiger partial charge in [0.15, 0.2) is 0 Å². The van der Waals surface area contributed by atoms with Gasteiger partial charge in [-0.3, -0.25) is 4.72 Å². The molecule has 0 radical (unpaired) electrons. The van der Waals surface area contributed by atoms with Crippen LogP contribution in [0.15, 0.2) is 71.8 Å². The molecular weight excluding hydrogens is 370 g/mol. The van der Waals surface area contributed by atoms with Crippen LogP contribution in [0.2, 0.25) is 0 Å². The molecule has 28 heavy (non-hydrogen) atoms. The molecule has 0 aliphatic carbocycles. The van der Waals surface area contributed by atoms with E-state index >= 15 is 0 Å². The predicted molar refractivity (Wildman–Crippen MR) is 115 cm³/mol. The number of benzene rings is 2. The Hall–Kier alpha value is -2.86. The van der Waals surface area contributed by atoms with Crippen LogP contribution in [0.25, 0.3) is 0 Å². The summed E-state index contributed by atoms with van der Waals surface area (Å²) in [5.74, 6) is 0.641. The Morgan fingerprint density at radius 1 is 0.821 bits per heavy atom. The summed E-state index contributed by atoms with van der Waals surface area (Å²) >= 11 is 0. The summed E-state index contributed by atoms with van der Waals surface area (Å²) in [7, 11) is -3.63. The first kappa shape index (κ1) is 19.9. The number of hydrogen-bond acceptors (Lipinski definition) is 4. The molecule has 0 amide bonds. The minimum Gasteiger partial charge on any atom is -0.340 e. The maximum absolute atomic E-state index is 12.4. The van der Waals surface area contributed by atoms with Crippen LogP contribution >= 0.6 is 0 Å². The van der Waals surface area contributed by atoms with Crippen LogP contribution in [-0.2, 0) is 15.4 Å². The highest BCUT2D eigenvalue weighted by atomic mass is 32.2. The van der Waals surface area contributed by atoms with E-state index in [1.165, 1.54) is 11.8 Å². The molecule has 0 atom stereocenters. The molecule has 146 valence electrons. The van der Waals surface area contributed by atoms with E-state index in [-0.39, 0.29) is 10.3 Å². The first-order chi connectivity index (χ1) is 13.1. The zero-order valence-corrected chi connectivity index (χ0v) is 17.3. The molecule has 0 bridgehead atoms. The van der Waals surface area contributed by atoms with Gasteiger partial charge >= 0.3 is 0 Å². The summed E-state index contributed by atoms with van der Waals surface area (Å²) in [6, 6.07) is 18.3. The fourth-order valence-corrected chi connectivity index (χ4v) is 3.70. The third-order valence-corrected chi connectivity index (χ3v) is 5.77. The number of anilines is 3. The zero-order valence-electron chi connectivity index (χ0n) is 16.5. The molecule has 1 heterocycles. The molecule has 0 fully saturated rings. The maximum Gasteiger partial charge on any atom is 0.261 e. The standard InChI is InChI=1S/C22H25N3O2S/c1-16-5-12-20(13-6-16)28(26,27)25-19-11-14-21(23-15-19)24-18-9-7-17(8-10-18)22(2,3)4/h5-15,25H,1-4H3,(H,23,24). The van der Waals surface area contributed by atoms with Gasteiger partial charge < -0.3 is 5.32 Å². The Morgan fingerprint density at radius 2 is 1.43 bits per heavy atom. The van der Waals surface area contributed by atoms with Gasteiger partial charge in [-0.25, -0.2) is 13.4 Å². The number of nitrogens with one attached hydrogen (secondary N) is 2. The van der Waals surface area contributed by atoms with Gasteiger partial charge in [0.1, 0.15) is 5.82 Å². The van der Waals surface area contributed by atoms with E-state index in [0.29, 0.717) is 11.5 Å². The number of rotatable bonds is 5. The Kier molecular flexibility index (Phi) is 5.42. The molecule has 5 nitrogen and oxygen atoms in total. The summed E-state index contributed by atoms with van der Waals surface area (Å²) in [6.07, 6.45) is 1.50. The number of sulfonamides is 1. The van der Waals surface area contributed by atoms with E-state index in [0.717, 1.165) is 11.3 Å². The molecule has 0 saturated heterocycles. The van der Waals surface area contributed by atoms with E-state index in [1.807, 2.05) is 19.1 Å². The lowest BCUT2D eigenvalue weighted by atomic mass is 9.87. The summed E-state index contributed by atoms with van der Waals surface area (Å²) in [4.78, 5) is 4.52. The highest BCUT2D eigenvalue weighted by molar-refractivity contribution is 7.92. The van der Waals surface area contributed by atoms with Crippen molar-refractivity contribution in [3.63, 3.8) is 0 Å². The second kappa shape index (κ2) is 7.64. The van der Waals surface area contributed by atoms with Crippen molar-refractivity contribution < 1.29 is 8.42 Å². The molecule has 2 N–H and O–H groups in total. The second-order valence-corrected chi connectivity index (χ2v) is 9.49. The Labute approximate surface area is 166 Å². The monoisotopic (exact) mass is 395 g/mol. The molecule has 3 aromatic rings. The fourth-order valence-electron chi connectivity index (χ4n) is 2.66. The molecule has 0 saturated carbocycles. The van der Waals surface area contributed by atoms with Gasteiger partial charge in [-0.2, -0.15) is 0 Å². The molecule has 6 heteroatoms. The van der Waals surface area contributed by atoms with Crippen LogP contribution < -0.4 is 10.0 Å². The molecule has 0 unspecified atom stereocenters. The third-order valence-electron chi connectivity index (χ3n) is 4.37. The van der Waals surface area contributed by atoms with Crippen molar-refractivity contribution in [2.45, 2.75) is 38.0 Å². The topological polar surface area (TPSA) is 71.1 Å². The minimum absolute atomic E-state index is 0.104. The van der Waals surface area contributed by atoms with Gasteiger partial charge in [0, 0.05) is 5.69 Å². The van der Waals surface area contributed by atoms with Crippen LogP contribution in [-0.4, -0.2) is 13.4 Å².